The van der Waals surface area contributed by atoms with E-state index in [1.807, 2.05) is 27.7 Å². The number of nitrogens with two attached hydrogens (primary N) is 2. The molecule has 0 rings (SSSR count). The summed E-state index contributed by atoms with van der Waals surface area (Å²) >= 11 is -0.944. The molecule has 0 spiro atoms. The summed E-state index contributed by atoms with van der Waals surface area (Å²) in [6, 6.07) is 0. The van der Waals surface area contributed by atoms with Gasteiger partial charge in [-0.1, -0.05) is 40.5 Å². The van der Waals surface area contributed by atoms with E-state index in [1.54, 1.807) is 0 Å². The Morgan fingerprint density at radius 3 is 0.889 bits per heavy atom. The van der Waals surface area contributed by atoms with Gasteiger partial charge in [0.25, 0.3) is 0 Å². The van der Waals surface area contributed by atoms with E-state index in [9.17, 15) is 0 Å². The van der Waals surface area contributed by atoms with Crippen LogP contribution in [-0.4, -0.2) is 11.1 Å². The zero-order chi connectivity index (χ0) is 13.8. The average Bonchev–Trinajstić information content (AvgIpc) is 2.01. The van der Waals surface area contributed by atoms with Gasteiger partial charge in [0.05, 0.1) is 0 Å². The van der Waals surface area contributed by atoms with Crippen LogP contribution in [-0.2, 0) is 33.0 Å². The zero-order valence-corrected chi connectivity index (χ0v) is 18.3. The summed E-state index contributed by atoms with van der Waals surface area (Å²) in [5, 5.41) is 0. The van der Waals surface area contributed by atoms with Crippen LogP contribution in [0.4, 0.5) is 0 Å². The van der Waals surface area contributed by atoms with E-state index in [1.165, 1.54) is 0 Å². The predicted molar refractivity (Wildman–Crippen MR) is 80.0 cm³/mol. The van der Waals surface area contributed by atoms with Crippen molar-refractivity contribution >= 4 is 37.7 Å². The third-order valence-corrected chi connectivity index (χ3v) is 1.37. The van der Waals surface area contributed by atoms with Gasteiger partial charge in [-0.05, 0) is 0 Å². The Kier molecular flexibility index (Phi) is 34.8. The third-order valence-electron chi connectivity index (χ3n) is 1.37. The molecule has 18 heavy (non-hydrogen) atoms. The van der Waals surface area contributed by atoms with Gasteiger partial charge in [-0.2, -0.15) is 0 Å². The van der Waals surface area contributed by atoms with Gasteiger partial charge in [-0.15, -0.1) is 11.1 Å². The fraction of sp³-hybridized carbons (Fsp3) is 1.00. The maximum Gasteiger partial charge on any atom is -0.693 e. The van der Waals surface area contributed by atoms with Crippen LogP contribution in [0.5, 0.6) is 0 Å². The Morgan fingerprint density at radius 1 is 0.722 bits per heavy atom. The minimum atomic E-state index is -0.472. The summed E-state index contributed by atoms with van der Waals surface area (Å²) in [5.41, 5.74) is 14.3. The maximum atomic E-state index is 7.53. The number of hydrogen-bond acceptors (Lipinski definition) is 0. The smallest absolute Gasteiger partial charge is 0.693 e. The first kappa shape index (κ1) is 32.4. The molecule has 0 aliphatic heterocycles. The molecule has 0 saturated heterocycles. The van der Waals surface area contributed by atoms with E-state index in [4.69, 9.17) is 49.1 Å². The molecule has 0 aromatic carbocycles. The van der Waals surface area contributed by atoms with Gasteiger partial charge in [0, 0.05) is 0 Å². The first-order valence-corrected chi connectivity index (χ1v) is 15.4. The van der Waals surface area contributed by atoms with Crippen LogP contribution in [0, 0.1) is 0 Å². The number of nitrogens with one attached hydrogen (secondary N) is 2. The number of hydrogen-bond donors (Lipinski definition) is 0. The van der Waals surface area contributed by atoms with Crippen molar-refractivity contribution < 1.29 is 33.0 Å². The molecule has 0 aliphatic carbocycles. The fourth-order valence-electron chi connectivity index (χ4n) is 0.625. The largest absolute Gasteiger partial charge is 0.693 e. The summed E-state index contributed by atoms with van der Waals surface area (Å²) in [4.78, 5) is 0. The van der Waals surface area contributed by atoms with Gasteiger partial charge in [0.1, 0.15) is 0 Å². The molecule has 10 heteroatoms. The molecule has 0 aromatic heterocycles. The molecular formula is C8H22Cl4N4Pt2. The van der Waals surface area contributed by atoms with Crippen molar-refractivity contribution in [2.24, 2.45) is 0 Å². The maximum absolute atomic E-state index is 7.53. The predicted octanol–water partition coefficient (Wildman–Crippen LogP) is 7.62. The first-order chi connectivity index (χ1) is 7.04. The summed E-state index contributed by atoms with van der Waals surface area (Å²) in [5.74, 6) is 0. The molecule has 0 radical (unpaired) electrons. The minimum absolute atomic E-state index is 0. The van der Waals surface area contributed by atoms with Gasteiger partial charge >= 0.3 is 70.6 Å². The van der Waals surface area contributed by atoms with Crippen molar-refractivity contribution in [3.05, 3.63) is 23.8 Å². The Bertz CT molecular complexity index is 126. The second-order valence-corrected chi connectivity index (χ2v) is 10.9. The molecule has 0 heterocycles. The molecule has 0 aliphatic rings. The molecule has 0 aromatic rings. The van der Waals surface area contributed by atoms with Gasteiger partial charge in [-0.3, -0.25) is 0 Å². The second kappa shape index (κ2) is 19.4. The van der Waals surface area contributed by atoms with Crippen LogP contribution in [0.3, 0.4) is 0 Å². The molecule has 6 N–H and O–H groups in total. The minimum Gasteiger partial charge on any atom is -0.693 e. The van der Waals surface area contributed by atoms with Crippen LogP contribution in [0.1, 0.15) is 40.5 Å². The van der Waals surface area contributed by atoms with Gasteiger partial charge < -0.3 is 23.8 Å². The normalized spacial score (nSPS) is 10.1. The van der Waals surface area contributed by atoms with Crippen LogP contribution < -0.4 is 0 Å². The van der Waals surface area contributed by atoms with Crippen molar-refractivity contribution in [1.29, 1.82) is 0 Å². The van der Waals surface area contributed by atoms with Crippen LogP contribution >= 0.6 is 37.7 Å². The van der Waals surface area contributed by atoms with Crippen molar-refractivity contribution in [3.8, 4) is 0 Å². The molecule has 0 saturated carbocycles. The zero-order valence-electron chi connectivity index (χ0n) is 10.7. The summed E-state index contributed by atoms with van der Waals surface area (Å²) in [6.45, 7) is 7.55. The summed E-state index contributed by atoms with van der Waals surface area (Å²) in [6.07, 6.45) is 1.62. The second-order valence-electron chi connectivity index (χ2n) is 4.36. The molecule has 122 valence electrons. The van der Waals surface area contributed by atoms with Crippen molar-refractivity contribution in [2.45, 2.75) is 51.6 Å². The van der Waals surface area contributed by atoms with Crippen molar-refractivity contribution in [2.75, 3.05) is 0 Å². The Balaban J connectivity index is -0.0000000603. The average molecular weight is 706 g/mol. The molecule has 0 atom stereocenters. The monoisotopic (exact) mass is 704 g/mol. The molecule has 0 amide bonds. The van der Waals surface area contributed by atoms with Crippen LogP contribution in [0.25, 0.3) is 23.8 Å². The number of rotatable bonds is 3. The quantitative estimate of drug-likeness (QED) is 0.288. The molecule has 4 nitrogen and oxygen atoms in total. The topological polar surface area (TPSA) is 115 Å². The summed E-state index contributed by atoms with van der Waals surface area (Å²) in [7, 11) is 19.5. The first-order valence-electron chi connectivity index (χ1n) is 4.19. The van der Waals surface area contributed by atoms with Gasteiger partial charge in [-0.25, -0.2) is 0 Å². The van der Waals surface area contributed by atoms with E-state index in [0.29, 0.717) is 0 Å². The van der Waals surface area contributed by atoms with Crippen LogP contribution in [0.15, 0.2) is 0 Å². The van der Waals surface area contributed by atoms with E-state index >= 15 is 0 Å². The van der Waals surface area contributed by atoms with E-state index in [0.717, 1.165) is 12.8 Å². The third kappa shape index (κ3) is 63.1. The van der Waals surface area contributed by atoms with Crippen molar-refractivity contribution in [3.63, 3.8) is 0 Å². The molecule has 0 fully saturated rings. The molecular weight excluding hydrogens is 684 g/mol. The standard InChI is InChI=1S/C8H18N2.4ClH.2H2N.2Pt/c1-7(2,9)5-6-8(3,4)10;;;;;;;;/h9-10H,5-6H2,1-4H3;4*1H;2*1H2;;/q-2;;;;;2*-1;2*+4/p-4. The Hall–Kier alpha value is 2.38. The number of halogens is 4. The van der Waals surface area contributed by atoms with Crippen LogP contribution in [0.2, 0.25) is 0 Å². The van der Waals surface area contributed by atoms with Crippen molar-refractivity contribution in [1.82, 2.24) is 0 Å². The van der Waals surface area contributed by atoms with E-state index in [-0.39, 0.29) is 23.4 Å². The Labute approximate surface area is 145 Å². The SMILES string of the molecule is CC(C)([NH-])CCC(C)(C)[NH-].[Cl][Pt+2][Cl].[Cl][Pt+2][Cl].[NH2-].[NH2-]. The van der Waals surface area contributed by atoms with Gasteiger partial charge in [0.15, 0.2) is 0 Å². The fourth-order valence-corrected chi connectivity index (χ4v) is 0.625. The Morgan fingerprint density at radius 2 is 0.833 bits per heavy atom. The van der Waals surface area contributed by atoms with E-state index in [2.05, 4.69) is 0 Å². The van der Waals surface area contributed by atoms with E-state index < -0.39 is 33.0 Å². The molecule has 0 bridgehead atoms. The van der Waals surface area contributed by atoms with Gasteiger partial charge in [0.2, 0.25) is 0 Å². The molecule has 0 unspecified atom stereocenters. The summed E-state index contributed by atoms with van der Waals surface area (Å²) < 4.78 is 0.